The number of rotatable bonds is 1. The van der Waals surface area contributed by atoms with Crippen molar-refractivity contribution in [1.29, 1.82) is 0 Å². The summed E-state index contributed by atoms with van der Waals surface area (Å²) >= 11 is 0. The summed E-state index contributed by atoms with van der Waals surface area (Å²) in [4.78, 5) is 9.91. The van der Waals surface area contributed by atoms with Gasteiger partial charge in [0.1, 0.15) is 6.29 Å². The van der Waals surface area contributed by atoms with E-state index >= 15 is 0 Å². The third-order valence-electron chi connectivity index (χ3n) is 1.18. The Balaban J connectivity index is 0. The third-order valence-corrected chi connectivity index (χ3v) is 1.18. The van der Waals surface area contributed by atoms with Gasteiger partial charge in [-0.2, -0.15) is 0 Å². The van der Waals surface area contributed by atoms with E-state index in [2.05, 4.69) is 5.32 Å². The summed E-state index contributed by atoms with van der Waals surface area (Å²) in [7, 11) is 0. The van der Waals surface area contributed by atoms with E-state index < -0.39 is 0 Å². The molecule has 0 unspecified atom stereocenters. The van der Waals surface area contributed by atoms with Crippen LogP contribution in [0.4, 0.5) is 0 Å². The zero-order chi connectivity index (χ0) is 5.11. The second kappa shape index (κ2) is 6.85. The van der Waals surface area contributed by atoms with Crippen LogP contribution in [0.25, 0.3) is 5.32 Å². The van der Waals surface area contributed by atoms with Crippen LogP contribution in [0.5, 0.6) is 0 Å². The Labute approximate surface area is 81.7 Å². The van der Waals surface area contributed by atoms with Crippen molar-refractivity contribution in [3.05, 3.63) is 12.7 Å². The summed E-state index contributed by atoms with van der Waals surface area (Å²) in [5.74, 6) is 0. The average molecular weight is 202 g/mol. The van der Waals surface area contributed by atoms with E-state index in [-0.39, 0.29) is 46.2 Å². The summed E-state index contributed by atoms with van der Waals surface area (Å²) in [6.45, 7) is 0.892. The monoisotopic (exact) mass is 202 g/mol. The minimum absolute atomic E-state index is 0. The van der Waals surface area contributed by atoms with Crippen molar-refractivity contribution in [1.82, 2.24) is 0 Å². The summed E-state index contributed by atoms with van der Waals surface area (Å²) in [6.07, 6.45) is 3.00. The first-order valence-electron chi connectivity index (χ1n) is 2.55. The second-order valence-corrected chi connectivity index (χ2v) is 1.75. The van der Waals surface area contributed by atoms with E-state index in [1.807, 2.05) is 0 Å². The van der Waals surface area contributed by atoms with E-state index in [9.17, 15) is 4.79 Å². The Bertz CT molecular complexity index is 71.5. The van der Waals surface area contributed by atoms with E-state index in [1.54, 1.807) is 0 Å². The zero-order valence-corrected chi connectivity index (χ0v) is 8.55. The number of aldehydes is 1. The Kier molecular flexibility index (Phi) is 9.45. The number of hydrogen-bond donors (Lipinski definition) is 0. The van der Waals surface area contributed by atoms with Gasteiger partial charge in [-0.1, -0.05) is 18.9 Å². The van der Waals surface area contributed by atoms with Gasteiger partial charge in [-0.25, -0.2) is 0 Å². The second-order valence-electron chi connectivity index (χ2n) is 1.75. The van der Waals surface area contributed by atoms with Crippen molar-refractivity contribution in [2.45, 2.75) is 18.9 Å². The quantitative estimate of drug-likeness (QED) is 0.463. The molecular weight excluding hydrogens is 191 g/mol. The van der Waals surface area contributed by atoms with Crippen LogP contribution in [0.1, 0.15) is 12.8 Å². The molecular formula is C6H11NOY-2. The first-order chi connectivity index (χ1) is 3.43. The minimum Gasteiger partial charge on any atom is -0.654 e. The molecule has 51 valence electrons. The molecule has 0 N–H and O–H groups in total. The molecule has 2 nitrogen and oxygen atoms in total. The molecule has 0 bridgehead atoms. The molecule has 0 aliphatic carbocycles. The molecule has 9 heavy (non-hydrogen) atoms. The normalized spacial score (nSPS) is 23.8. The zero-order valence-electron chi connectivity index (χ0n) is 5.71. The predicted octanol–water partition coefficient (Wildman–Crippen LogP) is 1.17. The van der Waals surface area contributed by atoms with Crippen molar-refractivity contribution in [2.24, 2.45) is 0 Å². The Morgan fingerprint density at radius 2 is 2.22 bits per heavy atom. The van der Waals surface area contributed by atoms with Crippen molar-refractivity contribution < 1.29 is 37.5 Å². The molecule has 0 aromatic carbocycles. The molecule has 1 heterocycles. The van der Waals surface area contributed by atoms with Crippen LogP contribution >= 0.6 is 0 Å². The van der Waals surface area contributed by atoms with Crippen LogP contribution < -0.4 is 0 Å². The maximum absolute atomic E-state index is 9.91. The Hall–Kier alpha value is 0.734. The fourth-order valence-electron chi connectivity index (χ4n) is 0.760. The summed E-state index contributed by atoms with van der Waals surface area (Å²) in [5.41, 5.74) is 0. The van der Waals surface area contributed by atoms with Gasteiger partial charge in [-0.3, -0.25) is 0 Å². The maximum atomic E-state index is 9.91. The molecule has 1 aliphatic heterocycles. The fourth-order valence-corrected chi connectivity index (χ4v) is 0.760. The van der Waals surface area contributed by atoms with Crippen molar-refractivity contribution in [3.63, 3.8) is 0 Å². The van der Waals surface area contributed by atoms with E-state index in [0.717, 1.165) is 25.7 Å². The summed E-state index contributed by atoms with van der Waals surface area (Å²) in [6, 6.07) is 0.0417. The van der Waals surface area contributed by atoms with Gasteiger partial charge in [0.15, 0.2) is 0 Å². The fraction of sp³-hybridized carbons (Fsp3) is 0.667. The molecule has 1 rings (SSSR count). The van der Waals surface area contributed by atoms with E-state index in [4.69, 9.17) is 0 Å². The molecule has 0 spiro atoms. The van der Waals surface area contributed by atoms with Gasteiger partial charge in [0.25, 0.3) is 0 Å². The summed E-state index contributed by atoms with van der Waals surface area (Å²) in [5, 5.41) is 3.99. The number of hydrogen-bond acceptors (Lipinski definition) is 1. The van der Waals surface area contributed by atoms with Gasteiger partial charge in [0, 0.05) is 32.7 Å². The van der Waals surface area contributed by atoms with Crippen LogP contribution in [0.15, 0.2) is 0 Å². The molecule has 0 amide bonds. The van der Waals surface area contributed by atoms with Gasteiger partial charge in [-0.05, 0) is 0 Å². The van der Waals surface area contributed by atoms with Crippen molar-refractivity contribution in [2.75, 3.05) is 6.54 Å². The standard InChI is InChI=1S/C5H8NO.CH3.Y/c7-4-5-2-1-3-6-5;;/h4-5H,1-3H2;1H3;/q2*-1;/t5-;;/m0../s1. The number of carbonyl (C=O) groups is 1. The van der Waals surface area contributed by atoms with Crippen LogP contribution in [0, 0.1) is 7.43 Å². The van der Waals surface area contributed by atoms with Crippen molar-refractivity contribution >= 4 is 6.29 Å². The van der Waals surface area contributed by atoms with Gasteiger partial charge in [0.2, 0.25) is 0 Å². The van der Waals surface area contributed by atoms with Crippen LogP contribution in [-0.4, -0.2) is 18.9 Å². The molecule has 0 aromatic rings. The molecule has 3 heteroatoms. The topological polar surface area (TPSA) is 31.2 Å². The van der Waals surface area contributed by atoms with Crippen LogP contribution in [0.3, 0.4) is 0 Å². The first-order valence-corrected chi connectivity index (χ1v) is 2.55. The van der Waals surface area contributed by atoms with Gasteiger partial charge < -0.3 is 17.5 Å². The third kappa shape index (κ3) is 4.18. The van der Waals surface area contributed by atoms with Crippen molar-refractivity contribution in [3.8, 4) is 0 Å². The predicted molar refractivity (Wildman–Crippen MR) is 33.7 cm³/mol. The minimum atomic E-state index is 0. The number of nitrogens with zero attached hydrogens (tertiary/aromatic N) is 1. The molecule has 1 aliphatic rings. The Morgan fingerprint density at radius 1 is 1.56 bits per heavy atom. The Morgan fingerprint density at radius 3 is 2.44 bits per heavy atom. The molecule has 1 atom stereocenters. The van der Waals surface area contributed by atoms with Crippen LogP contribution in [-0.2, 0) is 37.5 Å². The number of carbonyl (C=O) groups excluding carboxylic acids is 1. The van der Waals surface area contributed by atoms with E-state index in [0.29, 0.717) is 0 Å². The van der Waals surface area contributed by atoms with Gasteiger partial charge in [0.05, 0.1) is 0 Å². The van der Waals surface area contributed by atoms with Gasteiger partial charge in [-0.15, -0.1) is 6.54 Å². The van der Waals surface area contributed by atoms with Crippen LogP contribution in [0.2, 0.25) is 0 Å². The average Bonchev–Trinajstić information content (AvgIpc) is 2.14. The summed E-state index contributed by atoms with van der Waals surface area (Å²) < 4.78 is 0. The largest absolute Gasteiger partial charge is 0.654 e. The SMILES string of the molecule is O=C[C@@H]1CCC[N-]1.[CH3-].[Y]. The smallest absolute Gasteiger partial charge is 0.102 e. The molecule has 1 fully saturated rings. The molecule has 1 saturated heterocycles. The maximum Gasteiger partial charge on any atom is 0.102 e. The van der Waals surface area contributed by atoms with E-state index in [1.165, 1.54) is 0 Å². The van der Waals surface area contributed by atoms with Gasteiger partial charge >= 0.3 is 0 Å². The molecule has 1 radical (unpaired) electrons. The molecule has 0 aromatic heterocycles. The first kappa shape index (κ1) is 12.4. The molecule has 0 saturated carbocycles.